The van der Waals surface area contributed by atoms with Crippen LogP contribution in [0.5, 0.6) is 5.75 Å². The van der Waals surface area contributed by atoms with E-state index in [2.05, 4.69) is 15.0 Å². The first-order valence-corrected chi connectivity index (χ1v) is 17.0. The molecule has 232 valence electrons. The molecular formula is C29H37N5O7S2. The fraction of sp³-hybridized carbons (Fsp3) is 0.414. The van der Waals surface area contributed by atoms with Crippen LogP contribution in [0.15, 0.2) is 76.7 Å². The third kappa shape index (κ3) is 7.34. The number of nitrogen functional groups attached to an aromatic ring is 1. The Bertz CT molecular complexity index is 1630. The van der Waals surface area contributed by atoms with E-state index >= 15 is 0 Å². The number of nitrogens with zero attached hydrogens (tertiary/aromatic N) is 2. The zero-order valence-corrected chi connectivity index (χ0v) is 25.5. The van der Waals surface area contributed by atoms with Crippen LogP contribution in [-0.4, -0.2) is 88.9 Å². The Morgan fingerprint density at radius 3 is 2.53 bits per heavy atom. The van der Waals surface area contributed by atoms with Crippen LogP contribution in [0, 0.1) is 0 Å². The predicted molar refractivity (Wildman–Crippen MR) is 161 cm³/mol. The van der Waals surface area contributed by atoms with E-state index in [4.69, 9.17) is 15.2 Å². The molecule has 2 atom stereocenters. The summed E-state index contributed by atoms with van der Waals surface area (Å²) in [5, 5.41) is 13.8. The normalized spacial score (nSPS) is 19.8. The predicted octanol–water partition coefficient (Wildman–Crippen LogP) is 1.58. The molecule has 0 saturated carbocycles. The van der Waals surface area contributed by atoms with Crippen molar-refractivity contribution in [2.24, 2.45) is 0 Å². The number of hydrogen-bond donors (Lipinski definition) is 4. The van der Waals surface area contributed by atoms with Crippen LogP contribution < -0.4 is 20.5 Å². The maximum absolute atomic E-state index is 13.5. The van der Waals surface area contributed by atoms with Gasteiger partial charge in [-0.25, -0.2) is 26.5 Å². The Morgan fingerprint density at radius 2 is 1.81 bits per heavy atom. The Hall–Kier alpha value is -3.11. The molecule has 43 heavy (non-hydrogen) atoms. The summed E-state index contributed by atoms with van der Waals surface area (Å²) in [6, 6.07) is 16.4. The van der Waals surface area contributed by atoms with Crippen molar-refractivity contribution in [1.29, 1.82) is 0 Å². The van der Waals surface area contributed by atoms with Crippen molar-refractivity contribution in [1.82, 2.24) is 19.3 Å². The molecule has 0 radical (unpaired) electrons. The van der Waals surface area contributed by atoms with Gasteiger partial charge in [-0.2, -0.15) is 4.31 Å². The fourth-order valence-corrected chi connectivity index (χ4v) is 7.67. The molecule has 1 aromatic heterocycles. The molecular weight excluding hydrogens is 594 g/mol. The maximum atomic E-state index is 13.5. The Morgan fingerprint density at radius 1 is 1.07 bits per heavy atom. The fourth-order valence-electron chi connectivity index (χ4n) is 5.42. The molecule has 1 spiro atoms. The molecule has 2 aliphatic rings. The van der Waals surface area contributed by atoms with E-state index in [1.165, 1.54) is 23.5 Å². The average molecular weight is 632 g/mol. The van der Waals surface area contributed by atoms with Gasteiger partial charge < -0.3 is 25.6 Å². The summed E-state index contributed by atoms with van der Waals surface area (Å²) in [6.45, 7) is 1.40. The van der Waals surface area contributed by atoms with Gasteiger partial charge >= 0.3 is 0 Å². The second-order valence-corrected chi connectivity index (χ2v) is 14.7. The average Bonchev–Trinajstić information content (AvgIpc) is 3.41. The van der Waals surface area contributed by atoms with Crippen LogP contribution in [-0.2, 0) is 24.8 Å². The quantitative estimate of drug-likeness (QED) is 0.243. The molecule has 3 aromatic rings. The summed E-state index contributed by atoms with van der Waals surface area (Å²) in [5.74, 6) is 0.740. The lowest BCUT2D eigenvalue weighted by molar-refractivity contribution is -0.0312. The SMILES string of the molecule is CNS(=O)(=O)c1cccc(OCC(O)CN[C@H]2COC3(CCN(S(=O)(=O)c4cccc(-c5ccc(N)nc5)c4)CC3)C2)c1. The van der Waals surface area contributed by atoms with Gasteiger partial charge in [0.25, 0.3) is 0 Å². The highest BCUT2D eigenvalue weighted by Gasteiger charge is 2.44. The number of aliphatic hydroxyl groups excluding tert-OH is 1. The molecule has 0 amide bonds. The number of nitrogens with two attached hydrogens (primary N) is 1. The van der Waals surface area contributed by atoms with E-state index in [0.29, 0.717) is 50.5 Å². The first kappa shape index (κ1) is 31.3. The van der Waals surface area contributed by atoms with Crippen LogP contribution >= 0.6 is 0 Å². The summed E-state index contributed by atoms with van der Waals surface area (Å²) in [7, 11) is -5.95. The molecule has 5 rings (SSSR count). The van der Waals surface area contributed by atoms with Crippen molar-refractivity contribution < 1.29 is 31.4 Å². The minimum atomic E-state index is -3.69. The lowest BCUT2D eigenvalue weighted by Gasteiger charge is -2.38. The van der Waals surface area contributed by atoms with Gasteiger partial charge in [-0.3, -0.25) is 0 Å². The van der Waals surface area contributed by atoms with Gasteiger partial charge in [-0.05, 0) is 68.3 Å². The summed E-state index contributed by atoms with van der Waals surface area (Å²) in [6.07, 6.45) is 2.65. The molecule has 3 heterocycles. The number of ether oxygens (including phenoxy) is 2. The number of nitrogens with one attached hydrogen (secondary N) is 2. The van der Waals surface area contributed by atoms with Crippen LogP contribution in [0.4, 0.5) is 5.82 Å². The monoisotopic (exact) mass is 631 g/mol. The molecule has 2 aliphatic heterocycles. The van der Waals surface area contributed by atoms with E-state index in [-0.39, 0.29) is 29.0 Å². The number of piperidine rings is 1. The summed E-state index contributed by atoms with van der Waals surface area (Å²) in [5.41, 5.74) is 6.80. The number of anilines is 1. The first-order chi connectivity index (χ1) is 20.5. The van der Waals surface area contributed by atoms with Gasteiger partial charge in [0.2, 0.25) is 20.0 Å². The Kier molecular flexibility index (Phi) is 9.37. The van der Waals surface area contributed by atoms with E-state index in [1.807, 2.05) is 12.1 Å². The van der Waals surface area contributed by atoms with Crippen molar-refractivity contribution in [3.63, 3.8) is 0 Å². The van der Waals surface area contributed by atoms with Crippen LogP contribution in [0.25, 0.3) is 11.1 Å². The molecule has 1 unspecified atom stereocenters. The van der Waals surface area contributed by atoms with Crippen molar-refractivity contribution in [2.75, 3.05) is 45.6 Å². The number of sulfonamides is 2. The first-order valence-electron chi connectivity index (χ1n) is 14.0. The minimum Gasteiger partial charge on any atom is -0.491 e. The third-order valence-corrected chi connectivity index (χ3v) is 11.2. The zero-order chi connectivity index (χ0) is 30.7. The lowest BCUT2D eigenvalue weighted by Crippen LogP contribution is -2.47. The molecule has 0 aliphatic carbocycles. The largest absolute Gasteiger partial charge is 0.491 e. The third-order valence-electron chi connectivity index (χ3n) is 7.90. The second kappa shape index (κ2) is 12.9. The molecule has 5 N–H and O–H groups in total. The van der Waals surface area contributed by atoms with E-state index < -0.39 is 31.8 Å². The second-order valence-electron chi connectivity index (χ2n) is 10.9. The summed E-state index contributed by atoms with van der Waals surface area (Å²) < 4.78 is 66.5. The highest BCUT2D eigenvalue weighted by atomic mass is 32.2. The molecule has 2 aromatic carbocycles. The summed E-state index contributed by atoms with van der Waals surface area (Å²) >= 11 is 0. The number of pyridine rings is 1. The van der Waals surface area contributed by atoms with Gasteiger partial charge in [0, 0.05) is 43.5 Å². The van der Waals surface area contributed by atoms with Gasteiger partial charge in [0.05, 0.1) is 22.0 Å². The highest BCUT2D eigenvalue weighted by Crippen LogP contribution is 2.37. The minimum absolute atomic E-state index is 0.00658. The van der Waals surface area contributed by atoms with E-state index in [0.717, 1.165) is 11.1 Å². The Labute approximate surface area is 252 Å². The smallest absolute Gasteiger partial charge is 0.243 e. The van der Waals surface area contributed by atoms with Gasteiger partial charge in [0.15, 0.2) is 0 Å². The van der Waals surface area contributed by atoms with Gasteiger partial charge in [-0.15, -0.1) is 0 Å². The van der Waals surface area contributed by atoms with Crippen molar-refractivity contribution in [3.8, 4) is 16.9 Å². The van der Waals surface area contributed by atoms with Crippen molar-refractivity contribution in [2.45, 2.75) is 46.8 Å². The number of benzene rings is 2. The molecule has 12 nitrogen and oxygen atoms in total. The zero-order valence-electron chi connectivity index (χ0n) is 23.8. The van der Waals surface area contributed by atoms with Crippen molar-refractivity contribution >= 4 is 25.9 Å². The van der Waals surface area contributed by atoms with Crippen LogP contribution in [0.3, 0.4) is 0 Å². The number of aliphatic hydroxyl groups is 1. The Balaban J connectivity index is 1.10. The van der Waals surface area contributed by atoms with E-state index in [9.17, 15) is 21.9 Å². The molecule has 2 saturated heterocycles. The topological polar surface area (TPSA) is 173 Å². The lowest BCUT2D eigenvalue weighted by atomic mass is 9.88. The number of rotatable bonds is 11. The maximum Gasteiger partial charge on any atom is 0.243 e. The van der Waals surface area contributed by atoms with Gasteiger partial charge in [-0.1, -0.05) is 18.2 Å². The standard InChI is InChI=1S/C29H37N5O7S2/c1-31-42(36,37)26-6-3-5-25(15-26)40-20-24(35)18-32-23-16-29(41-19-23)10-12-34(13-11-29)43(38,39)27-7-2-4-21(14-27)22-8-9-28(30)33-17-22/h2-9,14-15,17,23-24,31-32,35H,10-13,16,18-20H2,1H3,(H2,30,33)/t23-,24?/m1/s1. The molecule has 14 heteroatoms. The molecule has 0 bridgehead atoms. The number of aromatic nitrogens is 1. The van der Waals surface area contributed by atoms with Gasteiger partial charge in [0.1, 0.15) is 24.3 Å². The summed E-state index contributed by atoms with van der Waals surface area (Å²) in [4.78, 5) is 4.41. The van der Waals surface area contributed by atoms with Crippen LogP contribution in [0.2, 0.25) is 0 Å². The van der Waals surface area contributed by atoms with Crippen molar-refractivity contribution in [3.05, 3.63) is 66.9 Å². The number of hydrogen-bond acceptors (Lipinski definition) is 10. The van der Waals surface area contributed by atoms with E-state index in [1.54, 1.807) is 42.6 Å². The highest BCUT2D eigenvalue weighted by molar-refractivity contribution is 7.89. The molecule has 2 fully saturated rings. The van der Waals surface area contributed by atoms with Crippen LogP contribution in [0.1, 0.15) is 19.3 Å².